The molecule has 1 heterocycles. The molecule has 1 rings (SSSR count). The first-order valence-corrected chi connectivity index (χ1v) is 3.01. The molecule has 3 heteroatoms. The molecule has 3 radical (unpaired) electrons. The third-order valence-corrected chi connectivity index (χ3v) is 1.30. The third-order valence-electron chi connectivity index (χ3n) is 0.928. The van der Waals surface area contributed by atoms with E-state index in [0.29, 0.717) is 0 Å². The Labute approximate surface area is 46.7 Å². The molecule has 0 bridgehead atoms. The Kier molecular flexibility index (Phi) is 1.84. The average Bonchev–Trinajstić information content (AvgIpc) is 1.69. The van der Waals surface area contributed by atoms with E-state index < -0.39 is 0 Å². The molecule has 1 N–H and O–H groups in total. The lowest BCUT2D eigenvalue weighted by Crippen LogP contribution is -2.38. The van der Waals surface area contributed by atoms with Crippen molar-refractivity contribution in [1.29, 1.82) is 0 Å². The fourth-order valence-electron chi connectivity index (χ4n) is 0.565. The first-order chi connectivity index (χ1) is 3.39. The molecule has 0 aliphatic carbocycles. The lowest BCUT2D eigenvalue weighted by Gasteiger charge is -2.18. The van der Waals surface area contributed by atoms with E-state index in [2.05, 4.69) is 15.6 Å². The molecular weight excluding hydrogens is 106 g/mol. The van der Waals surface area contributed by atoms with Crippen molar-refractivity contribution < 1.29 is 4.74 Å². The van der Waals surface area contributed by atoms with Gasteiger partial charge < -0.3 is 10.1 Å². The van der Waals surface area contributed by atoms with Gasteiger partial charge in [-0.25, -0.2) is 0 Å². The summed E-state index contributed by atoms with van der Waals surface area (Å²) in [7, 11) is 3.35. The van der Waals surface area contributed by atoms with E-state index in [0.717, 1.165) is 19.7 Å². The maximum Gasteiger partial charge on any atom is 0.0675 e. The van der Waals surface area contributed by atoms with Gasteiger partial charge in [-0.05, 0) is 0 Å². The quantitative estimate of drug-likeness (QED) is 0.412. The van der Waals surface area contributed by atoms with Gasteiger partial charge in [-0.15, -0.1) is 0 Å². The molecule has 1 atom stereocenters. The highest BCUT2D eigenvalue weighted by molar-refractivity contribution is 6.11. The monoisotopic (exact) mass is 114 g/mol. The van der Waals surface area contributed by atoms with E-state index >= 15 is 0 Å². The number of hydrogen-bond acceptors (Lipinski definition) is 2. The molecule has 0 aromatic carbocycles. The predicted molar refractivity (Wildman–Crippen MR) is 28.4 cm³/mol. The lowest BCUT2D eigenvalue weighted by atomic mass is 10.5. The average molecular weight is 114 g/mol. The number of rotatable bonds is 0. The van der Waals surface area contributed by atoms with Crippen LogP contribution in [0.15, 0.2) is 0 Å². The molecular formula is C4H8NOSi. The Hall–Kier alpha value is 0.137. The zero-order valence-electron chi connectivity index (χ0n) is 4.11. The van der Waals surface area contributed by atoms with Gasteiger partial charge in [0, 0.05) is 13.1 Å². The normalized spacial score (nSPS) is 33.0. The van der Waals surface area contributed by atoms with E-state index in [-0.39, 0.29) is 5.73 Å². The number of nitrogens with one attached hydrogen (secondary N) is 1. The van der Waals surface area contributed by atoms with Crippen LogP contribution in [0.4, 0.5) is 0 Å². The summed E-state index contributed by atoms with van der Waals surface area (Å²) >= 11 is 0. The van der Waals surface area contributed by atoms with Crippen molar-refractivity contribution in [2.75, 3.05) is 19.7 Å². The Morgan fingerprint density at radius 1 is 1.71 bits per heavy atom. The maximum absolute atomic E-state index is 5.13. The summed E-state index contributed by atoms with van der Waals surface area (Å²) in [5.41, 5.74) is 0.230. The van der Waals surface area contributed by atoms with Gasteiger partial charge in [-0.1, -0.05) is 0 Å². The van der Waals surface area contributed by atoms with Gasteiger partial charge in [0.05, 0.1) is 22.6 Å². The van der Waals surface area contributed by atoms with Crippen molar-refractivity contribution in [2.24, 2.45) is 0 Å². The second kappa shape index (κ2) is 2.45. The van der Waals surface area contributed by atoms with Crippen LogP contribution in [0.5, 0.6) is 0 Å². The molecule has 0 amide bonds. The van der Waals surface area contributed by atoms with Gasteiger partial charge in [0.1, 0.15) is 0 Å². The Morgan fingerprint density at radius 2 is 2.57 bits per heavy atom. The molecule has 0 aromatic rings. The second-order valence-electron chi connectivity index (χ2n) is 1.56. The van der Waals surface area contributed by atoms with Gasteiger partial charge in [0.2, 0.25) is 0 Å². The largest absolute Gasteiger partial charge is 0.380 e. The second-order valence-corrected chi connectivity index (χ2v) is 2.21. The van der Waals surface area contributed by atoms with Crippen LogP contribution >= 0.6 is 0 Å². The summed E-state index contributed by atoms with van der Waals surface area (Å²) < 4.78 is 5.13. The van der Waals surface area contributed by atoms with Gasteiger partial charge in [-0.3, -0.25) is 0 Å². The molecule has 0 spiro atoms. The van der Waals surface area contributed by atoms with E-state index in [9.17, 15) is 0 Å². The van der Waals surface area contributed by atoms with Gasteiger partial charge in [0.25, 0.3) is 0 Å². The molecule has 1 unspecified atom stereocenters. The van der Waals surface area contributed by atoms with Gasteiger partial charge >= 0.3 is 0 Å². The molecule has 1 fully saturated rings. The number of hydrogen-bond donors (Lipinski definition) is 1. The summed E-state index contributed by atoms with van der Waals surface area (Å²) in [6.45, 7) is 2.74. The maximum atomic E-state index is 5.13. The summed E-state index contributed by atoms with van der Waals surface area (Å²) in [6, 6.07) is 0. The summed E-state index contributed by atoms with van der Waals surface area (Å²) in [4.78, 5) is 0. The molecule has 0 aromatic heterocycles. The minimum Gasteiger partial charge on any atom is -0.380 e. The molecule has 0 saturated carbocycles. The summed E-state index contributed by atoms with van der Waals surface area (Å²) in [6.07, 6.45) is 0. The van der Waals surface area contributed by atoms with Gasteiger partial charge in [0.15, 0.2) is 0 Å². The van der Waals surface area contributed by atoms with Crippen LogP contribution < -0.4 is 5.32 Å². The van der Waals surface area contributed by atoms with Crippen molar-refractivity contribution in [2.45, 2.75) is 5.73 Å². The smallest absolute Gasteiger partial charge is 0.0675 e. The van der Waals surface area contributed by atoms with Crippen LogP contribution in [0.25, 0.3) is 0 Å². The van der Waals surface area contributed by atoms with Crippen molar-refractivity contribution in [3.05, 3.63) is 0 Å². The first kappa shape index (κ1) is 5.28. The van der Waals surface area contributed by atoms with E-state index in [1.165, 1.54) is 0 Å². The van der Waals surface area contributed by atoms with Crippen molar-refractivity contribution in [1.82, 2.24) is 5.32 Å². The summed E-state index contributed by atoms with van der Waals surface area (Å²) in [5, 5.41) is 3.16. The van der Waals surface area contributed by atoms with Crippen LogP contribution in [0.1, 0.15) is 0 Å². The third kappa shape index (κ3) is 1.59. The lowest BCUT2D eigenvalue weighted by molar-refractivity contribution is 0.0800. The van der Waals surface area contributed by atoms with Crippen molar-refractivity contribution in [3.8, 4) is 0 Å². The van der Waals surface area contributed by atoms with Crippen LogP contribution in [0.3, 0.4) is 0 Å². The molecule has 7 heavy (non-hydrogen) atoms. The SMILES string of the molecule is [Si]C1CNCCO1. The van der Waals surface area contributed by atoms with Crippen LogP contribution in [-0.4, -0.2) is 35.7 Å². The van der Waals surface area contributed by atoms with Crippen molar-refractivity contribution in [3.63, 3.8) is 0 Å². The standard InChI is InChI=1S/C4H8NOSi/c7-4-3-5-1-2-6-4/h4-5H,1-3H2. The topological polar surface area (TPSA) is 21.3 Å². The fourth-order valence-corrected chi connectivity index (χ4v) is 0.828. The Balaban J connectivity index is 2.12. The first-order valence-electron chi connectivity index (χ1n) is 2.43. The highest BCUT2D eigenvalue weighted by atomic mass is 28.1. The zero-order valence-corrected chi connectivity index (χ0v) is 5.11. The van der Waals surface area contributed by atoms with E-state index in [1.807, 2.05) is 0 Å². The number of ether oxygens (including phenoxy) is 1. The minimum atomic E-state index is 0.230. The highest BCUT2D eigenvalue weighted by Crippen LogP contribution is 1.87. The molecule has 1 aliphatic rings. The van der Waals surface area contributed by atoms with Crippen LogP contribution in [-0.2, 0) is 4.74 Å². The molecule has 2 nitrogen and oxygen atoms in total. The predicted octanol–water partition coefficient (Wildman–Crippen LogP) is -0.899. The van der Waals surface area contributed by atoms with Crippen LogP contribution in [0, 0.1) is 0 Å². The van der Waals surface area contributed by atoms with E-state index in [1.54, 1.807) is 0 Å². The highest BCUT2D eigenvalue weighted by Gasteiger charge is 2.04. The van der Waals surface area contributed by atoms with Crippen molar-refractivity contribution >= 4 is 10.2 Å². The fraction of sp³-hybridized carbons (Fsp3) is 1.00. The molecule has 1 aliphatic heterocycles. The molecule has 39 valence electrons. The van der Waals surface area contributed by atoms with E-state index in [4.69, 9.17) is 4.74 Å². The zero-order chi connectivity index (χ0) is 5.11. The minimum absolute atomic E-state index is 0.230. The van der Waals surface area contributed by atoms with Crippen LogP contribution in [0.2, 0.25) is 0 Å². The number of morpholine rings is 1. The molecule has 1 saturated heterocycles. The Bertz CT molecular complexity index is 53.7. The van der Waals surface area contributed by atoms with Gasteiger partial charge in [-0.2, -0.15) is 0 Å². The Morgan fingerprint density at radius 3 is 2.86 bits per heavy atom. The summed E-state index contributed by atoms with van der Waals surface area (Å²) in [5.74, 6) is 0.